The lowest BCUT2D eigenvalue weighted by Gasteiger charge is -2.06. The molecule has 0 radical (unpaired) electrons. The lowest BCUT2D eigenvalue weighted by atomic mass is 10.1. The number of aromatic nitrogens is 2. The average Bonchev–Trinajstić information content (AvgIpc) is 3.06. The molecular weight excluding hydrogens is 299 g/mol. The minimum absolute atomic E-state index is 0.0583. The molecular formula is C13H13FN2O2S2. The number of nitrogens with zero attached hydrogens (tertiary/aromatic N) is 2. The van der Waals surface area contributed by atoms with Crippen LogP contribution in [-0.4, -0.2) is 32.9 Å². The number of aliphatic hydroxyl groups excluding tert-OH is 1. The van der Waals surface area contributed by atoms with Gasteiger partial charge in [-0.3, -0.25) is 0 Å². The van der Waals surface area contributed by atoms with E-state index >= 15 is 0 Å². The molecule has 1 aliphatic heterocycles. The number of benzene rings is 1. The van der Waals surface area contributed by atoms with Crippen LogP contribution in [0.1, 0.15) is 17.6 Å². The summed E-state index contributed by atoms with van der Waals surface area (Å²) in [6.45, 7) is 0. The van der Waals surface area contributed by atoms with Crippen molar-refractivity contribution in [1.29, 1.82) is 0 Å². The summed E-state index contributed by atoms with van der Waals surface area (Å²) in [6, 6.07) is 6.29. The lowest BCUT2D eigenvalue weighted by Crippen LogP contribution is -2.15. The normalized spacial score (nSPS) is 22.3. The van der Waals surface area contributed by atoms with Crippen molar-refractivity contribution < 1.29 is 14.0 Å². The molecule has 0 amide bonds. The number of hydrogen-bond acceptors (Lipinski definition) is 6. The largest absolute Gasteiger partial charge is 0.391 e. The van der Waals surface area contributed by atoms with Gasteiger partial charge in [-0.25, -0.2) is 4.39 Å². The SMILES string of the molecule is OC1CSCC1c1nc(CSc2ccc(F)cc2)no1. The molecule has 2 unspecified atom stereocenters. The van der Waals surface area contributed by atoms with Gasteiger partial charge in [0.15, 0.2) is 5.82 Å². The maximum atomic E-state index is 12.8. The highest BCUT2D eigenvalue weighted by molar-refractivity contribution is 7.99. The zero-order valence-electron chi connectivity index (χ0n) is 10.5. The van der Waals surface area contributed by atoms with Crippen LogP contribution >= 0.6 is 23.5 Å². The van der Waals surface area contributed by atoms with Crippen LogP contribution in [0.25, 0.3) is 0 Å². The molecule has 20 heavy (non-hydrogen) atoms. The van der Waals surface area contributed by atoms with Gasteiger partial charge >= 0.3 is 0 Å². The molecule has 1 fully saturated rings. The summed E-state index contributed by atoms with van der Waals surface area (Å²) in [5.41, 5.74) is 0. The fourth-order valence-electron chi connectivity index (χ4n) is 1.93. The van der Waals surface area contributed by atoms with Crippen molar-refractivity contribution in [2.24, 2.45) is 0 Å². The van der Waals surface area contributed by atoms with Gasteiger partial charge in [-0.1, -0.05) is 5.16 Å². The van der Waals surface area contributed by atoms with Crippen molar-refractivity contribution in [1.82, 2.24) is 10.1 Å². The molecule has 106 valence electrons. The molecule has 1 aromatic heterocycles. The summed E-state index contributed by atoms with van der Waals surface area (Å²) in [7, 11) is 0. The van der Waals surface area contributed by atoms with E-state index in [4.69, 9.17) is 4.52 Å². The number of hydrogen-bond donors (Lipinski definition) is 1. The number of aliphatic hydroxyl groups is 1. The van der Waals surface area contributed by atoms with Crippen LogP contribution in [0.5, 0.6) is 0 Å². The third-order valence-electron chi connectivity index (χ3n) is 3.03. The molecule has 2 aromatic rings. The van der Waals surface area contributed by atoms with Gasteiger partial charge in [-0.2, -0.15) is 16.7 Å². The van der Waals surface area contributed by atoms with Crippen LogP contribution in [0, 0.1) is 5.82 Å². The van der Waals surface area contributed by atoms with Gasteiger partial charge in [0, 0.05) is 16.4 Å². The fraction of sp³-hybridized carbons (Fsp3) is 0.385. The van der Waals surface area contributed by atoms with Crippen molar-refractivity contribution in [2.45, 2.75) is 22.7 Å². The average molecular weight is 312 g/mol. The van der Waals surface area contributed by atoms with Crippen molar-refractivity contribution in [2.75, 3.05) is 11.5 Å². The molecule has 0 saturated carbocycles. The summed E-state index contributed by atoms with van der Waals surface area (Å²) in [6.07, 6.45) is -0.405. The van der Waals surface area contributed by atoms with Gasteiger partial charge in [0.2, 0.25) is 5.89 Å². The fourth-order valence-corrected chi connectivity index (χ4v) is 3.90. The Kier molecular flexibility index (Phi) is 4.28. The molecule has 1 aromatic carbocycles. The van der Waals surface area contributed by atoms with Crippen molar-refractivity contribution in [3.63, 3.8) is 0 Å². The van der Waals surface area contributed by atoms with E-state index in [-0.39, 0.29) is 11.7 Å². The maximum Gasteiger partial charge on any atom is 0.233 e. The van der Waals surface area contributed by atoms with E-state index in [1.54, 1.807) is 23.9 Å². The molecule has 1 saturated heterocycles. The topological polar surface area (TPSA) is 59.2 Å². The predicted octanol–water partition coefficient (Wildman–Crippen LogP) is 2.69. The Morgan fingerprint density at radius 1 is 1.35 bits per heavy atom. The summed E-state index contributed by atoms with van der Waals surface area (Å²) in [5.74, 6) is 2.89. The van der Waals surface area contributed by atoms with Crippen molar-refractivity contribution in [3.05, 3.63) is 41.8 Å². The number of thioether (sulfide) groups is 2. The molecule has 0 spiro atoms. The first-order valence-electron chi connectivity index (χ1n) is 6.19. The monoisotopic (exact) mass is 312 g/mol. The third kappa shape index (κ3) is 3.16. The van der Waals surface area contributed by atoms with Crippen molar-refractivity contribution in [3.8, 4) is 0 Å². The van der Waals surface area contributed by atoms with Crippen LogP contribution in [0.4, 0.5) is 4.39 Å². The zero-order valence-corrected chi connectivity index (χ0v) is 12.2. The molecule has 0 bridgehead atoms. The smallest absolute Gasteiger partial charge is 0.233 e. The van der Waals surface area contributed by atoms with E-state index in [9.17, 15) is 9.50 Å². The molecule has 4 nitrogen and oxygen atoms in total. The maximum absolute atomic E-state index is 12.8. The first kappa shape index (κ1) is 13.9. The molecule has 2 heterocycles. The Balaban J connectivity index is 1.61. The second-order valence-corrected chi connectivity index (χ2v) is 6.63. The predicted molar refractivity (Wildman–Crippen MR) is 76.3 cm³/mol. The summed E-state index contributed by atoms with van der Waals surface area (Å²) in [4.78, 5) is 5.28. The van der Waals surface area contributed by atoms with Crippen LogP contribution < -0.4 is 0 Å². The van der Waals surface area contributed by atoms with E-state index < -0.39 is 6.10 Å². The van der Waals surface area contributed by atoms with Gasteiger partial charge in [-0.05, 0) is 24.3 Å². The summed E-state index contributed by atoms with van der Waals surface area (Å²) in [5, 5.41) is 13.7. The highest BCUT2D eigenvalue weighted by Crippen LogP contribution is 2.32. The molecule has 3 rings (SSSR count). The van der Waals surface area contributed by atoms with E-state index in [0.717, 1.165) is 10.6 Å². The number of rotatable bonds is 4. The minimum atomic E-state index is -0.405. The Labute approximate surface area is 124 Å². The van der Waals surface area contributed by atoms with Gasteiger partial charge in [0.1, 0.15) is 5.82 Å². The number of halogens is 1. The third-order valence-corrected chi connectivity index (χ3v) is 5.21. The van der Waals surface area contributed by atoms with E-state index in [0.29, 0.717) is 23.2 Å². The second-order valence-electron chi connectivity index (χ2n) is 4.50. The molecule has 1 aliphatic rings. The summed E-state index contributed by atoms with van der Waals surface area (Å²) < 4.78 is 18.0. The van der Waals surface area contributed by atoms with Crippen LogP contribution in [0.3, 0.4) is 0 Å². The van der Waals surface area contributed by atoms with Gasteiger partial charge in [0.05, 0.1) is 17.8 Å². The first-order valence-corrected chi connectivity index (χ1v) is 8.33. The molecule has 0 aliphatic carbocycles. The molecule has 1 N–H and O–H groups in total. The van der Waals surface area contributed by atoms with Crippen LogP contribution in [-0.2, 0) is 5.75 Å². The van der Waals surface area contributed by atoms with Gasteiger partial charge in [0.25, 0.3) is 0 Å². The van der Waals surface area contributed by atoms with Crippen molar-refractivity contribution >= 4 is 23.5 Å². The first-order chi connectivity index (χ1) is 9.72. The summed E-state index contributed by atoms with van der Waals surface area (Å²) >= 11 is 3.21. The van der Waals surface area contributed by atoms with Crippen LogP contribution in [0.2, 0.25) is 0 Å². The Morgan fingerprint density at radius 2 is 2.15 bits per heavy atom. The molecule has 2 atom stereocenters. The second kappa shape index (κ2) is 6.15. The standard InChI is InChI=1S/C13H13FN2O2S2/c14-8-1-3-9(4-2-8)20-7-12-15-13(18-16-12)10-5-19-6-11(10)17/h1-4,10-11,17H,5-7H2. The molecule has 7 heteroatoms. The van der Waals surface area contributed by atoms with E-state index in [2.05, 4.69) is 10.1 Å². The van der Waals surface area contributed by atoms with E-state index in [1.165, 1.54) is 23.9 Å². The zero-order chi connectivity index (χ0) is 13.9. The highest BCUT2D eigenvalue weighted by Gasteiger charge is 2.31. The Hall–Kier alpha value is -1.05. The van der Waals surface area contributed by atoms with Gasteiger partial charge < -0.3 is 9.63 Å². The Bertz CT molecular complexity index is 576. The van der Waals surface area contributed by atoms with Gasteiger partial charge in [-0.15, -0.1) is 11.8 Å². The lowest BCUT2D eigenvalue weighted by molar-refractivity contribution is 0.164. The quantitative estimate of drug-likeness (QED) is 0.876. The Morgan fingerprint density at radius 3 is 2.85 bits per heavy atom. The van der Waals surface area contributed by atoms with E-state index in [1.807, 2.05) is 0 Å². The van der Waals surface area contributed by atoms with Crippen LogP contribution in [0.15, 0.2) is 33.7 Å². The minimum Gasteiger partial charge on any atom is -0.391 e. The highest BCUT2D eigenvalue weighted by atomic mass is 32.2.